The van der Waals surface area contributed by atoms with E-state index in [0.717, 1.165) is 11.1 Å². The molecule has 7 nitrogen and oxygen atoms in total. The van der Waals surface area contributed by atoms with Crippen LogP contribution >= 0.6 is 0 Å². The second-order valence-corrected chi connectivity index (χ2v) is 9.17. The lowest BCUT2D eigenvalue weighted by molar-refractivity contribution is 0.392. The highest BCUT2D eigenvalue weighted by Crippen LogP contribution is 2.32. The maximum Gasteiger partial charge on any atom is 0.237 e. The number of rotatable bonds is 7. The first-order valence-corrected chi connectivity index (χ1v) is 11.4. The Morgan fingerprint density at radius 1 is 1.06 bits per heavy atom. The molecule has 3 aromatic rings. The number of allylic oxidation sites excluding steroid dienone is 1. The number of benzene rings is 2. The molecule has 0 aliphatic heterocycles. The molecule has 1 unspecified atom stereocenters. The van der Waals surface area contributed by atoms with Crippen LogP contribution in [-0.2, 0) is 23.5 Å². The number of hydrogen-bond acceptors (Lipinski definition) is 5. The number of hydrogen-bond donors (Lipinski definition) is 1. The van der Waals surface area contributed by atoms with E-state index in [0.29, 0.717) is 40.6 Å². The first-order valence-electron chi connectivity index (χ1n) is 9.92. The van der Waals surface area contributed by atoms with Crippen LogP contribution in [0.25, 0.3) is 6.08 Å². The Bertz CT molecular complexity index is 1210. The zero-order valence-electron chi connectivity index (χ0n) is 17.7. The number of aryl methyl sites for hydroxylation is 2. The minimum atomic E-state index is -3.78. The normalized spacial score (nSPS) is 14.5. The fourth-order valence-corrected chi connectivity index (χ4v) is 5.13. The van der Waals surface area contributed by atoms with Crippen molar-refractivity contribution in [2.45, 2.75) is 18.9 Å². The van der Waals surface area contributed by atoms with Crippen LogP contribution in [0.15, 0.2) is 59.8 Å². The summed E-state index contributed by atoms with van der Waals surface area (Å²) in [6, 6.07) is 12.5. The summed E-state index contributed by atoms with van der Waals surface area (Å²) in [5.74, 6) is 1.70. The van der Waals surface area contributed by atoms with Crippen molar-refractivity contribution in [1.29, 1.82) is 0 Å². The van der Waals surface area contributed by atoms with Crippen molar-refractivity contribution in [2.75, 3.05) is 14.2 Å². The molecule has 1 aromatic heterocycles. The summed E-state index contributed by atoms with van der Waals surface area (Å²) < 4.78 is 42.3. The van der Waals surface area contributed by atoms with Crippen molar-refractivity contribution in [3.63, 3.8) is 0 Å². The lowest BCUT2D eigenvalue weighted by Crippen LogP contribution is -2.32. The molecule has 0 bridgehead atoms. The molecule has 1 atom stereocenters. The van der Waals surface area contributed by atoms with Crippen LogP contribution in [0, 0.1) is 0 Å². The second-order valence-electron chi connectivity index (χ2n) is 7.41. The van der Waals surface area contributed by atoms with Crippen LogP contribution in [0.4, 0.5) is 0 Å². The molecule has 1 heterocycles. The Labute approximate surface area is 182 Å². The fraction of sp³-hybridized carbons (Fsp3) is 0.261. The Morgan fingerprint density at radius 2 is 1.77 bits per heavy atom. The van der Waals surface area contributed by atoms with Gasteiger partial charge in [0.05, 0.1) is 19.1 Å². The number of nitrogens with zero attached hydrogens (tertiary/aromatic N) is 2. The highest BCUT2D eigenvalue weighted by Gasteiger charge is 2.29. The van der Waals surface area contributed by atoms with Gasteiger partial charge in [0.2, 0.25) is 10.0 Å². The number of aromatic nitrogens is 2. The Balaban J connectivity index is 1.76. The molecule has 1 aliphatic rings. The summed E-state index contributed by atoms with van der Waals surface area (Å²) in [6.45, 7) is 0. The van der Waals surface area contributed by atoms with E-state index in [2.05, 4.69) is 9.71 Å². The van der Waals surface area contributed by atoms with Gasteiger partial charge >= 0.3 is 0 Å². The standard InChI is InChI=1S/C23H25N3O4S/c1-26-11-10-24-23(26)22(18-12-19(29-2)15-20(13-18)30-3)25-31(27,28)21-9-8-16-6-4-5-7-17(16)14-21/h4-7,10-15,22,25H,8-9H2,1-3H3. The van der Waals surface area contributed by atoms with Crippen LogP contribution in [0.1, 0.15) is 35.0 Å². The van der Waals surface area contributed by atoms with Gasteiger partial charge in [0.1, 0.15) is 23.4 Å². The maximum absolute atomic E-state index is 13.4. The molecule has 8 heteroatoms. The average Bonchev–Trinajstić information content (AvgIpc) is 3.22. The number of sulfonamides is 1. The molecule has 0 fully saturated rings. The molecule has 0 radical (unpaired) electrons. The zero-order chi connectivity index (χ0) is 22.0. The number of nitrogens with one attached hydrogen (secondary N) is 1. The van der Waals surface area contributed by atoms with E-state index < -0.39 is 16.1 Å². The number of methoxy groups -OCH3 is 2. The third kappa shape index (κ3) is 4.35. The van der Waals surface area contributed by atoms with Gasteiger partial charge in [-0.25, -0.2) is 13.4 Å². The van der Waals surface area contributed by atoms with E-state index in [-0.39, 0.29) is 0 Å². The summed E-state index contributed by atoms with van der Waals surface area (Å²) in [4.78, 5) is 4.77. The van der Waals surface area contributed by atoms with Gasteiger partial charge in [-0.2, -0.15) is 4.72 Å². The predicted molar refractivity (Wildman–Crippen MR) is 119 cm³/mol. The molecular weight excluding hydrogens is 414 g/mol. The third-order valence-electron chi connectivity index (χ3n) is 5.45. The third-order valence-corrected chi connectivity index (χ3v) is 7.01. The lowest BCUT2D eigenvalue weighted by atomic mass is 9.98. The predicted octanol–water partition coefficient (Wildman–Crippen LogP) is 3.43. The molecule has 4 rings (SSSR count). The molecule has 1 N–H and O–H groups in total. The summed E-state index contributed by atoms with van der Waals surface area (Å²) in [5, 5.41) is 0. The van der Waals surface area contributed by atoms with Crippen molar-refractivity contribution in [3.05, 3.63) is 82.3 Å². The topological polar surface area (TPSA) is 82.4 Å². The Hall–Kier alpha value is -3.10. The van der Waals surface area contributed by atoms with Crippen molar-refractivity contribution in [2.24, 2.45) is 7.05 Å². The molecular formula is C23H25N3O4S. The average molecular weight is 440 g/mol. The van der Waals surface area contributed by atoms with Gasteiger partial charge in [-0.05, 0) is 47.7 Å². The Kier molecular flexibility index (Phi) is 5.84. The summed E-state index contributed by atoms with van der Waals surface area (Å²) in [7, 11) is 1.17. The highest BCUT2D eigenvalue weighted by molar-refractivity contribution is 7.93. The SMILES string of the molecule is COc1cc(OC)cc(C(NS(=O)(=O)C2=Cc3ccccc3CC2)c2nccn2C)c1. The molecule has 162 valence electrons. The van der Waals surface area contributed by atoms with Crippen molar-refractivity contribution in [3.8, 4) is 11.5 Å². The quantitative estimate of drug-likeness (QED) is 0.610. The van der Waals surface area contributed by atoms with E-state index in [9.17, 15) is 8.42 Å². The molecule has 31 heavy (non-hydrogen) atoms. The Morgan fingerprint density at radius 3 is 2.42 bits per heavy atom. The first-order chi connectivity index (χ1) is 14.9. The minimum Gasteiger partial charge on any atom is -0.497 e. The van der Waals surface area contributed by atoms with Crippen molar-refractivity contribution >= 4 is 16.1 Å². The van der Waals surface area contributed by atoms with Gasteiger partial charge in [-0.15, -0.1) is 0 Å². The van der Waals surface area contributed by atoms with E-state index >= 15 is 0 Å². The first kappa shape index (κ1) is 21.1. The lowest BCUT2D eigenvalue weighted by Gasteiger charge is -2.23. The van der Waals surface area contributed by atoms with Crippen LogP contribution in [0.2, 0.25) is 0 Å². The summed E-state index contributed by atoms with van der Waals surface area (Å²) >= 11 is 0. The highest BCUT2D eigenvalue weighted by atomic mass is 32.2. The largest absolute Gasteiger partial charge is 0.497 e. The number of imidazole rings is 1. The van der Waals surface area contributed by atoms with Gasteiger partial charge in [-0.3, -0.25) is 0 Å². The zero-order valence-corrected chi connectivity index (χ0v) is 18.5. The van der Waals surface area contributed by atoms with E-state index in [1.807, 2.05) is 31.3 Å². The molecule has 0 saturated carbocycles. The molecule has 1 aliphatic carbocycles. The molecule has 0 saturated heterocycles. The smallest absolute Gasteiger partial charge is 0.237 e. The van der Waals surface area contributed by atoms with Crippen LogP contribution in [0.3, 0.4) is 0 Å². The second kappa shape index (κ2) is 8.56. The number of ether oxygens (including phenoxy) is 2. The van der Waals surface area contributed by atoms with Gasteiger partial charge in [-0.1, -0.05) is 24.3 Å². The van der Waals surface area contributed by atoms with Gasteiger partial charge in [0.15, 0.2) is 0 Å². The van der Waals surface area contributed by atoms with Gasteiger partial charge in [0.25, 0.3) is 0 Å². The summed E-state index contributed by atoms with van der Waals surface area (Å²) in [5.41, 5.74) is 2.76. The van der Waals surface area contributed by atoms with E-state index in [1.165, 1.54) is 0 Å². The molecule has 0 amide bonds. The van der Waals surface area contributed by atoms with Gasteiger partial charge < -0.3 is 14.0 Å². The monoisotopic (exact) mass is 439 g/mol. The van der Waals surface area contributed by atoms with E-state index in [4.69, 9.17) is 9.47 Å². The van der Waals surface area contributed by atoms with Crippen LogP contribution in [0.5, 0.6) is 11.5 Å². The van der Waals surface area contributed by atoms with Crippen LogP contribution in [-0.4, -0.2) is 32.2 Å². The minimum absolute atomic E-state index is 0.361. The van der Waals surface area contributed by atoms with Crippen LogP contribution < -0.4 is 14.2 Å². The van der Waals surface area contributed by atoms with Gasteiger partial charge in [0, 0.05) is 25.5 Å². The fourth-order valence-electron chi connectivity index (χ4n) is 3.77. The van der Waals surface area contributed by atoms with E-state index in [1.54, 1.807) is 55.5 Å². The van der Waals surface area contributed by atoms with Crippen molar-refractivity contribution in [1.82, 2.24) is 14.3 Å². The molecule has 2 aromatic carbocycles. The van der Waals surface area contributed by atoms with Crippen molar-refractivity contribution < 1.29 is 17.9 Å². The number of fused-ring (bicyclic) bond motifs is 1. The maximum atomic E-state index is 13.4. The summed E-state index contributed by atoms with van der Waals surface area (Å²) in [6.07, 6.45) is 6.31. The molecule has 0 spiro atoms.